The van der Waals surface area contributed by atoms with E-state index in [4.69, 9.17) is 0 Å². The van der Waals surface area contributed by atoms with Crippen LogP contribution in [-0.2, 0) is 4.79 Å². The number of fused-ring (bicyclic) bond motifs is 1. The first-order chi connectivity index (χ1) is 11.7. The van der Waals surface area contributed by atoms with Crippen molar-refractivity contribution in [2.24, 2.45) is 5.92 Å². The SMILES string of the molecule is CC(C)C[C@]1(C)NC(=O)N(CCN2C(=O)c3ccccc3C2=O)C1=O. The first-order valence-electron chi connectivity index (χ1n) is 8.34. The molecule has 1 saturated heterocycles. The van der Waals surface area contributed by atoms with Crippen molar-refractivity contribution in [3.05, 3.63) is 35.4 Å². The fourth-order valence-electron chi connectivity index (χ4n) is 3.55. The molecule has 7 nitrogen and oxygen atoms in total. The summed E-state index contributed by atoms with van der Waals surface area (Å²) in [6, 6.07) is 6.11. The molecule has 0 spiro atoms. The van der Waals surface area contributed by atoms with Crippen LogP contribution in [0.3, 0.4) is 0 Å². The molecule has 0 saturated carbocycles. The third kappa shape index (κ3) is 2.79. The summed E-state index contributed by atoms with van der Waals surface area (Å²) in [5.74, 6) is -0.858. The zero-order valence-corrected chi connectivity index (χ0v) is 14.5. The molecule has 0 aliphatic carbocycles. The average molecular weight is 343 g/mol. The van der Waals surface area contributed by atoms with Crippen LogP contribution in [0.1, 0.15) is 47.9 Å². The number of rotatable bonds is 5. The Balaban J connectivity index is 1.71. The Morgan fingerprint density at radius 1 is 0.960 bits per heavy atom. The number of hydrogen-bond donors (Lipinski definition) is 1. The van der Waals surface area contributed by atoms with E-state index in [9.17, 15) is 19.2 Å². The van der Waals surface area contributed by atoms with Gasteiger partial charge in [-0.3, -0.25) is 24.2 Å². The first-order valence-corrected chi connectivity index (χ1v) is 8.34. The molecule has 132 valence electrons. The van der Waals surface area contributed by atoms with E-state index in [1.54, 1.807) is 31.2 Å². The quantitative estimate of drug-likeness (QED) is 0.650. The van der Waals surface area contributed by atoms with Gasteiger partial charge in [0.1, 0.15) is 5.54 Å². The number of hydrogen-bond acceptors (Lipinski definition) is 4. The topological polar surface area (TPSA) is 86.8 Å². The summed E-state index contributed by atoms with van der Waals surface area (Å²) in [4.78, 5) is 51.7. The molecule has 0 unspecified atom stereocenters. The molecule has 25 heavy (non-hydrogen) atoms. The molecule has 2 aliphatic heterocycles. The smallest absolute Gasteiger partial charge is 0.323 e. The van der Waals surface area contributed by atoms with E-state index < -0.39 is 23.4 Å². The van der Waals surface area contributed by atoms with Crippen LogP contribution in [0.25, 0.3) is 0 Å². The molecule has 2 aliphatic rings. The first kappa shape index (κ1) is 17.1. The Bertz CT molecular complexity index is 738. The van der Waals surface area contributed by atoms with E-state index in [0.717, 1.165) is 9.80 Å². The summed E-state index contributed by atoms with van der Waals surface area (Å²) >= 11 is 0. The minimum absolute atomic E-state index is 0.0101. The second kappa shape index (κ2) is 5.98. The highest BCUT2D eigenvalue weighted by molar-refractivity contribution is 6.21. The molecular formula is C18H21N3O4. The van der Waals surface area contributed by atoms with Crippen LogP contribution in [0.5, 0.6) is 0 Å². The Morgan fingerprint density at radius 2 is 1.48 bits per heavy atom. The third-order valence-corrected chi connectivity index (χ3v) is 4.59. The minimum atomic E-state index is -0.937. The molecule has 7 heteroatoms. The lowest BCUT2D eigenvalue weighted by molar-refractivity contribution is -0.131. The largest absolute Gasteiger partial charge is 0.325 e. The van der Waals surface area contributed by atoms with Gasteiger partial charge in [-0.25, -0.2) is 4.79 Å². The zero-order chi connectivity index (χ0) is 18.4. The second-order valence-electron chi connectivity index (χ2n) is 7.12. The molecule has 3 rings (SSSR count). The maximum absolute atomic E-state index is 12.6. The Kier molecular flexibility index (Phi) is 4.10. The standard InChI is InChI=1S/C18H21N3O4/c1-11(2)10-18(3)16(24)21(17(25)19-18)9-8-20-14(22)12-6-4-5-7-13(12)15(20)23/h4-7,11H,8-10H2,1-3H3,(H,19,25)/t18-/m0/s1. The molecule has 1 aromatic rings. The van der Waals surface area contributed by atoms with Gasteiger partial charge in [-0.1, -0.05) is 26.0 Å². The van der Waals surface area contributed by atoms with Gasteiger partial charge in [-0.05, 0) is 31.4 Å². The molecular weight excluding hydrogens is 322 g/mol. The van der Waals surface area contributed by atoms with E-state index in [1.807, 2.05) is 13.8 Å². The van der Waals surface area contributed by atoms with Crippen LogP contribution >= 0.6 is 0 Å². The van der Waals surface area contributed by atoms with Crippen LogP contribution in [0, 0.1) is 5.92 Å². The highest BCUT2D eigenvalue weighted by Crippen LogP contribution is 2.26. The lowest BCUT2D eigenvalue weighted by Crippen LogP contribution is -2.45. The maximum Gasteiger partial charge on any atom is 0.325 e. The fraction of sp³-hybridized carbons (Fsp3) is 0.444. The molecule has 1 atom stereocenters. The predicted octanol–water partition coefficient (Wildman–Crippen LogP) is 1.64. The van der Waals surface area contributed by atoms with Crippen LogP contribution in [0.15, 0.2) is 24.3 Å². The summed E-state index contributed by atoms with van der Waals surface area (Å²) in [6.45, 7) is 5.64. The van der Waals surface area contributed by atoms with Crippen molar-refractivity contribution in [1.82, 2.24) is 15.1 Å². The number of nitrogens with zero attached hydrogens (tertiary/aromatic N) is 2. The van der Waals surface area contributed by atoms with Gasteiger partial charge < -0.3 is 5.32 Å². The van der Waals surface area contributed by atoms with Crippen LogP contribution in [0.4, 0.5) is 4.79 Å². The zero-order valence-electron chi connectivity index (χ0n) is 14.5. The molecule has 5 amide bonds. The van der Waals surface area contributed by atoms with Crippen molar-refractivity contribution in [3.8, 4) is 0 Å². The van der Waals surface area contributed by atoms with E-state index in [-0.39, 0.29) is 24.9 Å². The van der Waals surface area contributed by atoms with E-state index in [2.05, 4.69) is 5.32 Å². The maximum atomic E-state index is 12.6. The summed E-state index contributed by atoms with van der Waals surface area (Å²) in [6.07, 6.45) is 0.529. The Labute approximate surface area is 146 Å². The summed E-state index contributed by atoms with van der Waals surface area (Å²) in [5.41, 5.74) is -0.226. The van der Waals surface area contributed by atoms with Crippen molar-refractivity contribution < 1.29 is 19.2 Å². The van der Waals surface area contributed by atoms with Crippen molar-refractivity contribution in [2.45, 2.75) is 32.7 Å². The monoisotopic (exact) mass is 343 g/mol. The number of carbonyl (C=O) groups excluding carboxylic acids is 4. The van der Waals surface area contributed by atoms with E-state index >= 15 is 0 Å². The lowest BCUT2D eigenvalue weighted by atomic mass is 9.91. The van der Waals surface area contributed by atoms with Gasteiger partial charge in [0.15, 0.2) is 0 Å². The normalized spacial score (nSPS) is 22.9. The Hall–Kier alpha value is -2.70. The van der Waals surface area contributed by atoms with E-state index in [0.29, 0.717) is 17.5 Å². The van der Waals surface area contributed by atoms with Gasteiger partial charge >= 0.3 is 6.03 Å². The molecule has 2 heterocycles. The lowest BCUT2D eigenvalue weighted by Gasteiger charge is -2.24. The van der Waals surface area contributed by atoms with Crippen molar-refractivity contribution >= 4 is 23.8 Å². The molecule has 0 radical (unpaired) electrons. The van der Waals surface area contributed by atoms with Crippen LogP contribution < -0.4 is 5.32 Å². The molecule has 0 bridgehead atoms. The highest BCUT2D eigenvalue weighted by Gasteiger charge is 2.48. The third-order valence-electron chi connectivity index (χ3n) is 4.59. The average Bonchev–Trinajstić information content (AvgIpc) is 2.90. The molecule has 1 aromatic carbocycles. The van der Waals surface area contributed by atoms with Gasteiger partial charge in [0.2, 0.25) is 0 Å². The molecule has 1 fully saturated rings. The van der Waals surface area contributed by atoms with E-state index in [1.165, 1.54) is 0 Å². The highest BCUT2D eigenvalue weighted by atomic mass is 16.2. The van der Waals surface area contributed by atoms with Gasteiger partial charge in [-0.15, -0.1) is 0 Å². The van der Waals surface area contributed by atoms with Gasteiger partial charge in [0.25, 0.3) is 17.7 Å². The second-order valence-corrected chi connectivity index (χ2v) is 7.12. The van der Waals surface area contributed by atoms with Crippen LogP contribution in [-0.4, -0.2) is 52.2 Å². The molecule has 0 aromatic heterocycles. The van der Waals surface area contributed by atoms with Crippen molar-refractivity contribution in [2.75, 3.05) is 13.1 Å². The number of amides is 5. The van der Waals surface area contributed by atoms with Gasteiger partial charge in [0.05, 0.1) is 11.1 Å². The number of imide groups is 2. The summed E-state index contributed by atoms with van der Waals surface area (Å²) in [5, 5.41) is 2.73. The number of urea groups is 1. The van der Waals surface area contributed by atoms with Crippen LogP contribution in [0.2, 0.25) is 0 Å². The number of carbonyl (C=O) groups is 4. The number of benzene rings is 1. The number of nitrogens with one attached hydrogen (secondary N) is 1. The van der Waals surface area contributed by atoms with Gasteiger partial charge in [0, 0.05) is 13.1 Å². The Morgan fingerprint density at radius 3 is 2.00 bits per heavy atom. The minimum Gasteiger partial charge on any atom is -0.323 e. The summed E-state index contributed by atoms with van der Waals surface area (Å²) < 4.78 is 0. The van der Waals surface area contributed by atoms with Gasteiger partial charge in [-0.2, -0.15) is 0 Å². The van der Waals surface area contributed by atoms with Crippen molar-refractivity contribution in [3.63, 3.8) is 0 Å². The van der Waals surface area contributed by atoms with Crippen molar-refractivity contribution in [1.29, 1.82) is 0 Å². The fourth-order valence-corrected chi connectivity index (χ4v) is 3.55. The predicted molar refractivity (Wildman–Crippen MR) is 89.9 cm³/mol. The molecule has 1 N–H and O–H groups in total. The summed E-state index contributed by atoms with van der Waals surface area (Å²) in [7, 11) is 0.